The molecule has 0 radical (unpaired) electrons. The molecule has 1 aromatic heterocycles. The van der Waals surface area contributed by atoms with E-state index in [1.165, 1.54) is 6.07 Å². The normalized spacial score (nSPS) is 10.6. The number of methoxy groups -OCH3 is 1. The molecule has 0 atom stereocenters. The molecule has 0 unspecified atom stereocenters. The summed E-state index contributed by atoms with van der Waals surface area (Å²) in [6.07, 6.45) is 2.71. The van der Waals surface area contributed by atoms with E-state index < -0.39 is 0 Å². The molecule has 0 aliphatic rings. The number of pyridine rings is 1. The molecule has 1 N–H and O–H groups in total. The van der Waals surface area contributed by atoms with Crippen molar-refractivity contribution in [2.75, 3.05) is 13.7 Å². The van der Waals surface area contributed by atoms with Gasteiger partial charge in [0.05, 0.1) is 7.11 Å². The van der Waals surface area contributed by atoms with Crippen molar-refractivity contribution < 1.29 is 9.13 Å². The summed E-state index contributed by atoms with van der Waals surface area (Å²) in [7, 11) is 1.56. The number of benzene rings is 1. The molecule has 0 saturated carbocycles. The molecule has 0 fully saturated rings. The van der Waals surface area contributed by atoms with Crippen LogP contribution in [-0.2, 0) is 6.54 Å². The Morgan fingerprint density at radius 1 is 1.25 bits per heavy atom. The van der Waals surface area contributed by atoms with Gasteiger partial charge in [0.2, 0.25) is 5.88 Å². The zero-order chi connectivity index (χ0) is 14.4. The fraction of sp³-hybridized carbons (Fsp3) is 0.312. The first kappa shape index (κ1) is 14.5. The quantitative estimate of drug-likeness (QED) is 0.820. The van der Waals surface area contributed by atoms with Crippen LogP contribution in [0.3, 0.4) is 0 Å². The molecule has 1 aromatic carbocycles. The lowest BCUT2D eigenvalue weighted by molar-refractivity contribution is 0.398. The predicted octanol–water partition coefficient (Wildman–Crippen LogP) is 3.40. The van der Waals surface area contributed by atoms with E-state index >= 15 is 0 Å². The van der Waals surface area contributed by atoms with Gasteiger partial charge in [-0.15, -0.1) is 0 Å². The third-order valence-corrected chi connectivity index (χ3v) is 3.04. The van der Waals surface area contributed by atoms with Crippen molar-refractivity contribution in [1.29, 1.82) is 0 Å². The van der Waals surface area contributed by atoms with Crippen LogP contribution in [0.4, 0.5) is 4.39 Å². The highest BCUT2D eigenvalue weighted by Gasteiger charge is 2.07. The molecule has 1 heterocycles. The summed E-state index contributed by atoms with van der Waals surface area (Å²) in [5.41, 5.74) is 2.38. The van der Waals surface area contributed by atoms with Crippen molar-refractivity contribution in [1.82, 2.24) is 10.3 Å². The third-order valence-electron chi connectivity index (χ3n) is 3.04. The van der Waals surface area contributed by atoms with Gasteiger partial charge < -0.3 is 10.1 Å². The van der Waals surface area contributed by atoms with Gasteiger partial charge in [-0.25, -0.2) is 9.37 Å². The summed E-state index contributed by atoms with van der Waals surface area (Å²) in [4.78, 5) is 4.12. The molecule has 4 heteroatoms. The van der Waals surface area contributed by atoms with Crippen LogP contribution in [-0.4, -0.2) is 18.6 Å². The molecule has 20 heavy (non-hydrogen) atoms. The minimum absolute atomic E-state index is 0.240. The van der Waals surface area contributed by atoms with E-state index in [-0.39, 0.29) is 5.82 Å². The molecule has 2 aromatic rings. The average molecular weight is 274 g/mol. The van der Waals surface area contributed by atoms with E-state index in [1.54, 1.807) is 25.4 Å². The number of nitrogens with one attached hydrogen (secondary N) is 1. The first-order valence-corrected chi connectivity index (χ1v) is 6.74. The molecule has 0 aliphatic carbocycles. The maximum atomic E-state index is 13.9. The summed E-state index contributed by atoms with van der Waals surface area (Å²) in [6, 6.07) is 8.72. The largest absolute Gasteiger partial charge is 0.481 e. The Balaban J connectivity index is 2.22. The molecule has 0 bridgehead atoms. The summed E-state index contributed by atoms with van der Waals surface area (Å²) in [5.74, 6) is 0.283. The van der Waals surface area contributed by atoms with Gasteiger partial charge in [-0.1, -0.05) is 13.0 Å². The number of nitrogens with zero attached hydrogens (tertiary/aromatic N) is 1. The number of ether oxygens (including phenoxy) is 1. The van der Waals surface area contributed by atoms with Crippen molar-refractivity contribution in [3.05, 3.63) is 47.9 Å². The molecule has 2 rings (SSSR count). The second-order valence-corrected chi connectivity index (χ2v) is 4.58. The third kappa shape index (κ3) is 3.54. The topological polar surface area (TPSA) is 34.1 Å². The molecule has 0 aliphatic heterocycles. The number of hydrogen-bond donors (Lipinski definition) is 1. The number of aromatic nitrogens is 1. The van der Waals surface area contributed by atoms with E-state index in [0.717, 1.165) is 30.6 Å². The maximum absolute atomic E-state index is 13.9. The standard InChI is InChI=1S/C16H19FN2O/c1-3-8-18-10-12-4-6-15(17)14(9-12)13-5-7-16(20-2)19-11-13/h4-7,9,11,18H,3,8,10H2,1-2H3. The van der Waals surface area contributed by atoms with E-state index in [0.29, 0.717) is 11.4 Å². The van der Waals surface area contributed by atoms with Gasteiger partial charge in [0, 0.05) is 29.9 Å². The Labute approximate surface area is 118 Å². The van der Waals surface area contributed by atoms with E-state index in [1.807, 2.05) is 12.1 Å². The molecule has 0 saturated heterocycles. The highest BCUT2D eigenvalue weighted by atomic mass is 19.1. The lowest BCUT2D eigenvalue weighted by Crippen LogP contribution is -2.13. The Morgan fingerprint density at radius 2 is 2.10 bits per heavy atom. The minimum Gasteiger partial charge on any atom is -0.481 e. The highest BCUT2D eigenvalue weighted by molar-refractivity contribution is 5.64. The van der Waals surface area contributed by atoms with Crippen molar-refractivity contribution in [2.45, 2.75) is 19.9 Å². The van der Waals surface area contributed by atoms with Crippen LogP contribution >= 0.6 is 0 Å². The van der Waals surface area contributed by atoms with Crippen LogP contribution < -0.4 is 10.1 Å². The van der Waals surface area contributed by atoms with Gasteiger partial charge in [-0.2, -0.15) is 0 Å². The number of halogens is 1. The Kier molecular flexibility index (Phi) is 5.07. The van der Waals surface area contributed by atoms with Gasteiger partial charge >= 0.3 is 0 Å². The zero-order valence-corrected chi connectivity index (χ0v) is 11.8. The van der Waals surface area contributed by atoms with Gasteiger partial charge in [0.1, 0.15) is 5.82 Å². The minimum atomic E-state index is -0.240. The van der Waals surface area contributed by atoms with Gasteiger partial charge in [-0.05, 0) is 36.7 Å². The smallest absolute Gasteiger partial charge is 0.212 e. The van der Waals surface area contributed by atoms with Crippen LogP contribution in [0, 0.1) is 5.82 Å². The zero-order valence-electron chi connectivity index (χ0n) is 11.8. The fourth-order valence-corrected chi connectivity index (χ4v) is 1.97. The second kappa shape index (κ2) is 7.01. The van der Waals surface area contributed by atoms with Crippen molar-refractivity contribution in [3.63, 3.8) is 0 Å². The lowest BCUT2D eigenvalue weighted by atomic mass is 10.0. The predicted molar refractivity (Wildman–Crippen MR) is 78.2 cm³/mol. The second-order valence-electron chi connectivity index (χ2n) is 4.58. The molecule has 106 valence electrons. The SMILES string of the molecule is CCCNCc1ccc(F)c(-c2ccc(OC)nc2)c1. The van der Waals surface area contributed by atoms with Crippen LogP contribution in [0.1, 0.15) is 18.9 Å². The Morgan fingerprint density at radius 3 is 2.75 bits per heavy atom. The highest BCUT2D eigenvalue weighted by Crippen LogP contribution is 2.24. The summed E-state index contributed by atoms with van der Waals surface area (Å²) in [6.45, 7) is 3.81. The first-order valence-electron chi connectivity index (χ1n) is 6.74. The first-order chi connectivity index (χ1) is 9.74. The maximum Gasteiger partial charge on any atom is 0.212 e. The summed E-state index contributed by atoms with van der Waals surface area (Å²) in [5, 5.41) is 3.31. The molecular formula is C16H19FN2O. The fourth-order valence-electron chi connectivity index (χ4n) is 1.97. The Hall–Kier alpha value is -1.94. The molecule has 0 spiro atoms. The molecule has 3 nitrogen and oxygen atoms in total. The lowest BCUT2D eigenvalue weighted by Gasteiger charge is -2.08. The van der Waals surface area contributed by atoms with Crippen molar-refractivity contribution >= 4 is 0 Å². The van der Waals surface area contributed by atoms with E-state index in [4.69, 9.17) is 4.74 Å². The van der Waals surface area contributed by atoms with Gasteiger partial charge in [0.15, 0.2) is 0 Å². The molecular weight excluding hydrogens is 255 g/mol. The van der Waals surface area contributed by atoms with E-state index in [9.17, 15) is 4.39 Å². The van der Waals surface area contributed by atoms with Crippen molar-refractivity contribution in [2.24, 2.45) is 0 Å². The van der Waals surface area contributed by atoms with Gasteiger partial charge in [0.25, 0.3) is 0 Å². The van der Waals surface area contributed by atoms with E-state index in [2.05, 4.69) is 17.2 Å². The van der Waals surface area contributed by atoms with Crippen LogP contribution in [0.2, 0.25) is 0 Å². The summed E-state index contributed by atoms with van der Waals surface area (Å²) < 4.78 is 19.0. The average Bonchev–Trinajstić information content (AvgIpc) is 2.49. The van der Waals surface area contributed by atoms with Crippen LogP contribution in [0.5, 0.6) is 5.88 Å². The van der Waals surface area contributed by atoms with Crippen LogP contribution in [0.15, 0.2) is 36.5 Å². The van der Waals surface area contributed by atoms with Gasteiger partial charge in [-0.3, -0.25) is 0 Å². The number of rotatable bonds is 6. The number of hydrogen-bond acceptors (Lipinski definition) is 3. The van der Waals surface area contributed by atoms with Crippen LogP contribution in [0.25, 0.3) is 11.1 Å². The Bertz CT molecular complexity index is 555. The monoisotopic (exact) mass is 274 g/mol. The summed E-state index contributed by atoms with van der Waals surface area (Å²) >= 11 is 0. The van der Waals surface area contributed by atoms with Crippen molar-refractivity contribution in [3.8, 4) is 17.0 Å². The molecule has 0 amide bonds.